The molecule has 0 fully saturated rings. The van der Waals surface area contributed by atoms with Gasteiger partial charge in [-0.2, -0.15) is 0 Å². The van der Waals surface area contributed by atoms with Gasteiger partial charge in [0.05, 0.1) is 11.4 Å². The molecule has 184 valence electrons. The van der Waals surface area contributed by atoms with E-state index < -0.39 is 0 Å². The third-order valence-electron chi connectivity index (χ3n) is 5.90. The molecule has 5 aromatic carbocycles. The van der Waals surface area contributed by atoms with Gasteiger partial charge >= 0.3 is 0 Å². The second kappa shape index (κ2) is 10.8. The summed E-state index contributed by atoms with van der Waals surface area (Å²) in [5.41, 5.74) is 1.92. The van der Waals surface area contributed by atoms with Crippen LogP contribution in [0.3, 0.4) is 0 Å². The molecular weight excluding hydrogens is 464 g/mol. The number of hydrogen-bond donors (Lipinski definition) is 2. The molecule has 6 nitrogen and oxygen atoms in total. The number of nitrogens with one attached hydrogen (secondary N) is 2. The van der Waals surface area contributed by atoms with Crippen LogP contribution in [0.1, 0.15) is 5.56 Å². The zero-order valence-corrected chi connectivity index (χ0v) is 20.4. The van der Waals surface area contributed by atoms with Crippen LogP contribution in [0, 0.1) is 6.92 Å². The van der Waals surface area contributed by atoms with Gasteiger partial charge in [-0.1, -0.05) is 66.7 Å². The maximum atomic E-state index is 12.6. The summed E-state index contributed by atoms with van der Waals surface area (Å²) < 4.78 is 11.4. The number of rotatable bonds is 8. The van der Waals surface area contributed by atoms with E-state index in [4.69, 9.17) is 9.47 Å². The van der Waals surface area contributed by atoms with Gasteiger partial charge in [-0.3, -0.25) is 9.59 Å². The molecule has 0 heterocycles. The van der Waals surface area contributed by atoms with Crippen LogP contribution in [0.15, 0.2) is 103 Å². The Bertz CT molecular complexity index is 1600. The van der Waals surface area contributed by atoms with E-state index in [-0.39, 0.29) is 25.0 Å². The minimum absolute atomic E-state index is 0.162. The zero-order valence-electron chi connectivity index (χ0n) is 20.4. The van der Waals surface area contributed by atoms with E-state index in [0.29, 0.717) is 22.9 Å². The van der Waals surface area contributed by atoms with Crippen molar-refractivity contribution in [3.63, 3.8) is 0 Å². The average Bonchev–Trinajstić information content (AvgIpc) is 2.92. The highest BCUT2D eigenvalue weighted by molar-refractivity contribution is 6.00. The molecule has 0 radical (unpaired) electrons. The number of fused-ring (bicyclic) bond motifs is 2. The first kappa shape index (κ1) is 23.9. The molecule has 0 aromatic heterocycles. The fraction of sp³-hybridized carbons (Fsp3) is 0.0968. The third-order valence-corrected chi connectivity index (χ3v) is 5.90. The van der Waals surface area contributed by atoms with Gasteiger partial charge in [0, 0.05) is 0 Å². The minimum atomic E-state index is -0.333. The van der Waals surface area contributed by atoms with Crippen molar-refractivity contribution < 1.29 is 19.1 Å². The van der Waals surface area contributed by atoms with Crippen LogP contribution in [0.2, 0.25) is 0 Å². The first-order chi connectivity index (χ1) is 18.0. The molecule has 0 saturated heterocycles. The Kier molecular flexibility index (Phi) is 6.99. The Morgan fingerprint density at radius 1 is 0.568 bits per heavy atom. The monoisotopic (exact) mass is 490 g/mol. The zero-order chi connectivity index (χ0) is 25.6. The highest BCUT2D eigenvalue weighted by Crippen LogP contribution is 2.25. The standard InChI is InChI=1S/C31H26N2O4/c1-21-10-15-28(32-30(34)19-36-26-13-11-22-6-2-4-8-24(22)17-26)29(16-21)33-31(35)20-37-27-14-12-23-7-3-5-9-25(23)18-27/h2-18H,19-20H2,1H3,(H,32,34)(H,33,35). The highest BCUT2D eigenvalue weighted by Gasteiger charge is 2.12. The van der Waals surface area contributed by atoms with E-state index in [1.165, 1.54) is 0 Å². The van der Waals surface area contributed by atoms with E-state index in [2.05, 4.69) is 10.6 Å². The van der Waals surface area contributed by atoms with Crippen molar-refractivity contribution >= 4 is 44.7 Å². The predicted molar refractivity (Wildman–Crippen MR) is 147 cm³/mol. The summed E-state index contributed by atoms with van der Waals surface area (Å²) in [6.45, 7) is 1.59. The number of hydrogen-bond acceptors (Lipinski definition) is 4. The Morgan fingerprint density at radius 3 is 1.59 bits per heavy atom. The molecule has 0 aliphatic heterocycles. The van der Waals surface area contributed by atoms with Gasteiger partial charge in [0.1, 0.15) is 11.5 Å². The number of carbonyl (C=O) groups is 2. The number of anilines is 2. The number of benzene rings is 5. The Labute approximate surface area is 214 Å². The summed E-state index contributed by atoms with van der Waals surface area (Å²) in [6, 6.07) is 32.7. The molecule has 0 aliphatic carbocycles. The van der Waals surface area contributed by atoms with Crippen LogP contribution >= 0.6 is 0 Å². The van der Waals surface area contributed by atoms with E-state index in [0.717, 1.165) is 27.1 Å². The highest BCUT2D eigenvalue weighted by atomic mass is 16.5. The molecule has 0 atom stereocenters. The molecule has 0 spiro atoms. The van der Waals surface area contributed by atoms with Crippen LogP contribution in [-0.4, -0.2) is 25.0 Å². The summed E-state index contributed by atoms with van der Waals surface area (Å²) in [5, 5.41) is 9.94. The lowest BCUT2D eigenvalue weighted by atomic mass is 10.1. The van der Waals surface area contributed by atoms with Crippen LogP contribution in [0.5, 0.6) is 11.5 Å². The maximum absolute atomic E-state index is 12.6. The second-order valence-corrected chi connectivity index (χ2v) is 8.74. The fourth-order valence-corrected chi connectivity index (χ4v) is 4.06. The van der Waals surface area contributed by atoms with Crippen LogP contribution in [-0.2, 0) is 9.59 Å². The largest absolute Gasteiger partial charge is 0.484 e. The van der Waals surface area contributed by atoms with Crippen LogP contribution in [0.25, 0.3) is 21.5 Å². The summed E-state index contributed by atoms with van der Waals surface area (Å²) in [5.74, 6) is 0.552. The van der Waals surface area contributed by atoms with E-state index >= 15 is 0 Å². The van der Waals surface area contributed by atoms with E-state index in [1.54, 1.807) is 12.1 Å². The molecule has 0 bridgehead atoms. The van der Waals surface area contributed by atoms with Crippen LogP contribution in [0.4, 0.5) is 11.4 Å². The summed E-state index contributed by atoms with van der Waals surface area (Å²) >= 11 is 0. The van der Waals surface area contributed by atoms with Gasteiger partial charge in [-0.15, -0.1) is 0 Å². The SMILES string of the molecule is Cc1ccc(NC(=O)COc2ccc3ccccc3c2)c(NC(=O)COc2ccc3ccccc3c2)c1. The lowest BCUT2D eigenvalue weighted by Gasteiger charge is -2.14. The van der Waals surface area contributed by atoms with Gasteiger partial charge in [-0.25, -0.2) is 0 Å². The number of ether oxygens (including phenoxy) is 2. The fourth-order valence-electron chi connectivity index (χ4n) is 4.06. The molecule has 0 saturated carbocycles. The van der Waals surface area contributed by atoms with Gasteiger partial charge in [0.2, 0.25) is 0 Å². The van der Waals surface area contributed by atoms with Crippen molar-refractivity contribution in [2.75, 3.05) is 23.8 Å². The molecule has 0 aliphatic rings. The minimum Gasteiger partial charge on any atom is -0.484 e. The molecular formula is C31H26N2O4. The molecule has 0 unspecified atom stereocenters. The lowest BCUT2D eigenvalue weighted by Crippen LogP contribution is -2.23. The van der Waals surface area contributed by atoms with Crippen molar-refractivity contribution in [1.29, 1.82) is 0 Å². The molecule has 2 N–H and O–H groups in total. The summed E-state index contributed by atoms with van der Waals surface area (Å²) in [4.78, 5) is 25.3. The average molecular weight is 491 g/mol. The van der Waals surface area contributed by atoms with Crippen molar-refractivity contribution in [2.24, 2.45) is 0 Å². The van der Waals surface area contributed by atoms with Crippen molar-refractivity contribution in [3.05, 3.63) is 109 Å². The van der Waals surface area contributed by atoms with Crippen molar-refractivity contribution in [3.8, 4) is 11.5 Å². The number of carbonyl (C=O) groups excluding carboxylic acids is 2. The van der Waals surface area contributed by atoms with E-state index in [1.807, 2.05) is 97.9 Å². The smallest absolute Gasteiger partial charge is 0.262 e. The van der Waals surface area contributed by atoms with Crippen molar-refractivity contribution in [2.45, 2.75) is 6.92 Å². The normalized spacial score (nSPS) is 10.7. The van der Waals surface area contributed by atoms with Crippen molar-refractivity contribution in [1.82, 2.24) is 0 Å². The quantitative estimate of drug-likeness (QED) is 0.266. The summed E-state index contributed by atoms with van der Waals surface area (Å²) in [7, 11) is 0. The molecule has 6 heteroatoms. The third kappa shape index (κ3) is 6.05. The molecule has 5 aromatic rings. The van der Waals surface area contributed by atoms with Crippen LogP contribution < -0.4 is 20.1 Å². The van der Waals surface area contributed by atoms with Gasteiger partial charge in [0.25, 0.3) is 11.8 Å². The lowest BCUT2D eigenvalue weighted by molar-refractivity contribution is -0.119. The maximum Gasteiger partial charge on any atom is 0.262 e. The Balaban J connectivity index is 1.19. The number of amides is 2. The molecule has 37 heavy (non-hydrogen) atoms. The Hall–Kier alpha value is -4.84. The Morgan fingerprint density at radius 2 is 1.05 bits per heavy atom. The molecule has 2 amide bonds. The predicted octanol–water partition coefficient (Wildman–Crippen LogP) is 6.34. The first-order valence-electron chi connectivity index (χ1n) is 12.0. The topological polar surface area (TPSA) is 76.7 Å². The van der Waals surface area contributed by atoms with Gasteiger partial charge < -0.3 is 20.1 Å². The van der Waals surface area contributed by atoms with Gasteiger partial charge in [0.15, 0.2) is 13.2 Å². The summed E-state index contributed by atoms with van der Waals surface area (Å²) in [6.07, 6.45) is 0. The van der Waals surface area contributed by atoms with Gasteiger partial charge in [-0.05, 0) is 70.4 Å². The molecule has 5 rings (SSSR count). The number of aryl methyl sites for hydroxylation is 1. The first-order valence-corrected chi connectivity index (χ1v) is 12.0. The van der Waals surface area contributed by atoms with E-state index in [9.17, 15) is 9.59 Å². The second-order valence-electron chi connectivity index (χ2n) is 8.74.